The Hall–Kier alpha value is -1.92. The van der Waals surface area contributed by atoms with E-state index in [1.165, 1.54) is 0 Å². The zero-order chi connectivity index (χ0) is 18.9. The number of ether oxygens (including phenoxy) is 1. The number of nitrogens with one attached hydrogen (secondary N) is 2. The molecule has 1 atom stereocenters. The minimum absolute atomic E-state index is 0.135. The number of carbonyl (C=O) groups is 2. The number of hydrogen-bond donors (Lipinski definition) is 2. The van der Waals surface area contributed by atoms with Crippen molar-refractivity contribution in [3.05, 3.63) is 35.9 Å². The third kappa shape index (κ3) is 6.42. The summed E-state index contributed by atoms with van der Waals surface area (Å²) in [6.45, 7) is 7.07. The largest absolute Gasteiger partial charge is 0.378 e. The van der Waals surface area contributed by atoms with Gasteiger partial charge in [0, 0.05) is 26.7 Å². The Morgan fingerprint density at radius 1 is 1.19 bits per heavy atom. The van der Waals surface area contributed by atoms with Gasteiger partial charge in [0.25, 0.3) is 0 Å². The van der Waals surface area contributed by atoms with Gasteiger partial charge in [-0.1, -0.05) is 44.2 Å². The first-order valence-electron chi connectivity index (χ1n) is 9.39. The van der Waals surface area contributed by atoms with Crippen LogP contribution in [0.15, 0.2) is 30.3 Å². The van der Waals surface area contributed by atoms with Gasteiger partial charge in [0.15, 0.2) is 0 Å². The topological polar surface area (TPSA) is 70.7 Å². The van der Waals surface area contributed by atoms with Gasteiger partial charge in [-0.2, -0.15) is 0 Å². The molecule has 1 unspecified atom stereocenters. The van der Waals surface area contributed by atoms with Gasteiger partial charge in [0.1, 0.15) is 6.04 Å². The standard InChI is InChI=1S/C20H31N3O3/c1-15(2)14-26-17-9-11-23(12-10-17)13-18(24)22-19(20(25)21-3)16-7-5-4-6-8-16/h4-8,15,17,19H,9-14H2,1-3H3,(H,21,25)(H,22,24). The van der Waals surface area contributed by atoms with Crippen molar-refractivity contribution in [3.63, 3.8) is 0 Å². The van der Waals surface area contributed by atoms with Crippen LogP contribution < -0.4 is 10.6 Å². The van der Waals surface area contributed by atoms with Gasteiger partial charge < -0.3 is 15.4 Å². The van der Waals surface area contributed by atoms with E-state index >= 15 is 0 Å². The molecular formula is C20H31N3O3. The highest BCUT2D eigenvalue weighted by Gasteiger charge is 2.25. The third-order valence-electron chi connectivity index (χ3n) is 4.51. The van der Waals surface area contributed by atoms with Crippen LogP contribution in [0.25, 0.3) is 0 Å². The van der Waals surface area contributed by atoms with Crippen molar-refractivity contribution >= 4 is 11.8 Å². The van der Waals surface area contributed by atoms with Crippen LogP contribution >= 0.6 is 0 Å². The predicted molar refractivity (Wildman–Crippen MR) is 102 cm³/mol. The van der Waals surface area contributed by atoms with Gasteiger partial charge in [-0.15, -0.1) is 0 Å². The van der Waals surface area contributed by atoms with Crippen LogP contribution in [-0.2, 0) is 14.3 Å². The number of likely N-dealkylation sites (tertiary alicyclic amines) is 1. The Balaban J connectivity index is 1.82. The zero-order valence-corrected chi connectivity index (χ0v) is 16.0. The first-order valence-corrected chi connectivity index (χ1v) is 9.39. The molecule has 6 heteroatoms. The highest BCUT2D eigenvalue weighted by atomic mass is 16.5. The molecule has 26 heavy (non-hydrogen) atoms. The van der Waals surface area contributed by atoms with Crippen LogP contribution in [0, 0.1) is 5.92 Å². The van der Waals surface area contributed by atoms with E-state index in [-0.39, 0.29) is 11.8 Å². The third-order valence-corrected chi connectivity index (χ3v) is 4.51. The minimum atomic E-state index is -0.666. The summed E-state index contributed by atoms with van der Waals surface area (Å²) in [5.74, 6) is 0.188. The summed E-state index contributed by atoms with van der Waals surface area (Å²) in [6.07, 6.45) is 2.18. The molecule has 0 saturated carbocycles. The minimum Gasteiger partial charge on any atom is -0.378 e. The predicted octanol–water partition coefficient (Wildman–Crippen LogP) is 1.73. The van der Waals surface area contributed by atoms with Crippen molar-refractivity contribution in [2.45, 2.75) is 38.8 Å². The first kappa shape index (κ1) is 20.4. The Morgan fingerprint density at radius 3 is 2.42 bits per heavy atom. The smallest absolute Gasteiger partial charge is 0.246 e. The molecule has 0 spiro atoms. The van der Waals surface area contributed by atoms with E-state index in [0.29, 0.717) is 18.6 Å². The molecule has 1 aliphatic heterocycles. The van der Waals surface area contributed by atoms with Crippen molar-refractivity contribution in [1.82, 2.24) is 15.5 Å². The molecule has 0 aliphatic carbocycles. The number of amides is 2. The molecule has 2 N–H and O–H groups in total. The van der Waals surface area contributed by atoms with Gasteiger partial charge >= 0.3 is 0 Å². The number of nitrogens with zero attached hydrogens (tertiary/aromatic N) is 1. The van der Waals surface area contributed by atoms with E-state index in [9.17, 15) is 9.59 Å². The molecule has 1 heterocycles. The molecule has 1 saturated heterocycles. The number of rotatable bonds is 8. The van der Waals surface area contributed by atoms with E-state index in [4.69, 9.17) is 4.74 Å². The lowest BCUT2D eigenvalue weighted by Gasteiger charge is -2.32. The molecule has 6 nitrogen and oxygen atoms in total. The average Bonchev–Trinajstić information content (AvgIpc) is 2.65. The fourth-order valence-corrected chi connectivity index (χ4v) is 3.06. The van der Waals surface area contributed by atoms with Crippen LogP contribution in [0.4, 0.5) is 0 Å². The summed E-state index contributed by atoms with van der Waals surface area (Å²) >= 11 is 0. The van der Waals surface area contributed by atoms with Crippen molar-refractivity contribution in [2.24, 2.45) is 5.92 Å². The summed E-state index contributed by atoms with van der Waals surface area (Å²) in [7, 11) is 1.58. The SMILES string of the molecule is CNC(=O)C(NC(=O)CN1CCC(OCC(C)C)CC1)c1ccccc1. The molecule has 0 bridgehead atoms. The van der Waals surface area contributed by atoms with E-state index in [1.54, 1.807) is 7.05 Å². The Bertz CT molecular complexity index is 569. The number of likely N-dealkylation sites (N-methyl/N-ethyl adjacent to an activating group) is 1. The summed E-state index contributed by atoms with van der Waals surface area (Å²) in [4.78, 5) is 26.7. The molecule has 2 rings (SSSR count). The van der Waals surface area contributed by atoms with Crippen molar-refractivity contribution < 1.29 is 14.3 Å². The molecular weight excluding hydrogens is 330 g/mol. The number of benzene rings is 1. The van der Waals surface area contributed by atoms with Crippen LogP contribution in [0.5, 0.6) is 0 Å². The maximum absolute atomic E-state index is 12.4. The quantitative estimate of drug-likeness (QED) is 0.740. The van der Waals surface area contributed by atoms with Crippen molar-refractivity contribution in [2.75, 3.05) is 33.3 Å². The molecule has 1 fully saturated rings. The fourth-order valence-electron chi connectivity index (χ4n) is 3.06. The normalized spacial score (nSPS) is 17.1. The highest BCUT2D eigenvalue weighted by Crippen LogP contribution is 2.16. The van der Waals surface area contributed by atoms with Crippen LogP contribution in [0.3, 0.4) is 0 Å². The van der Waals surface area contributed by atoms with Gasteiger partial charge in [0.05, 0.1) is 12.6 Å². The highest BCUT2D eigenvalue weighted by molar-refractivity contribution is 5.89. The summed E-state index contributed by atoms with van der Waals surface area (Å²) in [5, 5.41) is 5.48. The van der Waals surface area contributed by atoms with Gasteiger partial charge in [-0.3, -0.25) is 14.5 Å². The van der Waals surface area contributed by atoms with E-state index in [2.05, 4.69) is 29.4 Å². The maximum atomic E-state index is 12.4. The molecule has 1 aromatic rings. The van der Waals surface area contributed by atoms with Crippen molar-refractivity contribution in [3.8, 4) is 0 Å². The summed E-state index contributed by atoms with van der Waals surface area (Å²) < 4.78 is 5.89. The molecule has 0 aromatic heterocycles. The number of carbonyl (C=O) groups excluding carboxylic acids is 2. The maximum Gasteiger partial charge on any atom is 0.246 e. The second kappa shape index (κ2) is 10.3. The summed E-state index contributed by atoms with van der Waals surface area (Å²) in [6, 6.07) is 8.63. The average molecular weight is 361 g/mol. The number of piperidine rings is 1. The zero-order valence-electron chi connectivity index (χ0n) is 16.0. The molecule has 1 aromatic carbocycles. The van der Waals surface area contributed by atoms with E-state index in [0.717, 1.165) is 38.1 Å². The summed E-state index contributed by atoms with van der Waals surface area (Å²) in [5.41, 5.74) is 0.779. The van der Waals surface area contributed by atoms with Gasteiger partial charge in [-0.05, 0) is 24.3 Å². The second-order valence-electron chi connectivity index (χ2n) is 7.23. The van der Waals surface area contributed by atoms with Crippen LogP contribution in [0.1, 0.15) is 38.3 Å². The Labute approximate surface area is 156 Å². The number of hydrogen-bond acceptors (Lipinski definition) is 4. The lowest BCUT2D eigenvalue weighted by Crippen LogP contribution is -2.46. The van der Waals surface area contributed by atoms with Gasteiger partial charge in [0.2, 0.25) is 11.8 Å². The molecule has 144 valence electrons. The molecule has 0 radical (unpaired) electrons. The lowest BCUT2D eigenvalue weighted by molar-refractivity contribution is -0.129. The van der Waals surface area contributed by atoms with E-state index in [1.807, 2.05) is 30.3 Å². The first-order chi connectivity index (χ1) is 12.5. The van der Waals surface area contributed by atoms with Gasteiger partial charge in [-0.25, -0.2) is 0 Å². The molecule has 2 amide bonds. The Kier molecular flexibility index (Phi) is 8.06. The molecule has 1 aliphatic rings. The van der Waals surface area contributed by atoms with Crippen LogP contribution in [0.2, 0.25) is 0 Å². The van der Waals surface area contributed by atoms with Crippen molar-refractivity contribution in [1.29, 1.82) is 0 Å². The monoisotopic (exact) mass is 361 g/mol. The fraction of sp³-hybridized carbons (Fsp3) is 0.600. The van der Waals surface area contributed by atoms with Crippen LogP contribution in [-0.4, -0.2) is 56.1 Å². The van der Waals surface area contributed by atoms with E-state index < -0.39 is 6.04 Å². The second-order valence-corrected chi connectivity index (χ2v) is 7.23. The Morgan fingerprint density at radius 2 is 1.85 bits per heavy atom. The lowest BCUT2D eigenvalue weighted by atomic mass is 10.1.